The molecule has 0 aliphatic heterocycles. The van der Waals surface area contributed by atoms with Gasteiger partial charge in [-0.15, -0.1) is 0 Å². The molecule has 15 heavy (non-hydrogen) atoms. The zero-order chi connectivity index (χ0) is 11.4. The molecule has 0 unspecified atom stereocenters. The number of hydrogen-bond donors (Lipinski definition) is 0. The largest absolute Gasteiger partial charge is 0.303 e. The smallest absolute Gasteiger partial charge is 0.144 e. The Balaban J connectivity index is 2.76. The summed E-state index contributed by atoms with van der Waals surface area (Å²) in [6, 6.07) is 0. The van der Waals surface area contributed by atoms with Crippen LogP contribution in [-0.4, -0.2) is 55.4 Å². The lowest BCUT2D eigenvalue weighted by Gasteiger charge is -2.18. The van der Waals surface area contributed by atoms with Gasteiger partial charge in [0.25, 0.3) is 0 Å². The fourth-order valence-electron chi connectivity index (χ4n) is 1.59. The van der Waals surface area contributed by atoms with Gasteiger partial charge in [0.2, 0.25) is 0 Å². The summed E-state index contributed by atoms with van der Waals surface area (Å²) in [5.41, 5.74) is 1.80. The number of hydrazone groups is 2. The van der Waals surface area contributed by atoms with Crippen LogP contribution in [0.15, 0.2) is 10.2 Å². The molecule has 1 aliphatic rings. The Morgan fingerprint density at radius 3 is 1.60 bits per heavy atom. The molecule has 0 atom stereocenters. The van der Waals surface area contributed by atoms with Gasteiger partial charge in [-0.2, -0.15) is 10.2 Å². The molecule has 0 aromatic carbocycles. The van der Waals surface area contributed by atoms with E-state index in [4.69, 9.17) is 0 Å². The Kier molecular flexibility index (Phi) is 3.82. The molecule has 5 nitrogen and oxygen atoms in total. The van der Waals surface area contributed by atoms with E-state index in [1.54, 1.807) is 10.0 Å². The van der Waals surface area contributed by atoms with Gasteiger partial charge in [0.1, 0.15) is 5.78 Å². The first-order valence-electron chi connectivity index (χ1n) is 4.96. The van der Waals surface area contributed by atoms with Crippen molar-refractivity contribution in [1.29, 1.82) is 0 Å². The number of hydrogen-bond acceptors (Lipinski definition) is 5. The minimum absolute atomic E-state index is 0.197. The van der Waals surface area contributed by atoms with Gasteiger partial charge in [-0.3, -0.25) is 4.79 Å². The van der Waals surface area contributed by atoms with Crippen LogP contribution < -0.4 is 0 Å². The van der Waals surface area contributed by atoms with E-state index in [-0.39, 0.29) is 5.78 Å². The minimum Gasteiger partial charge on any atom is -0.303 e. The summed E-state index contributed by atoms with van der Waals surface area (Å²) in [6.07, 6.45) is 1.64. The van der Waals surface area contributed by atoms with E-state index >= 15 is 0 Å². The molecule has 84 valence electrons. The highest BCUT2D eigenvalue weighted by molar-refractivity contribution is 6.21. The van der Waals surface area contributed by atoms with Gasteiger partial charge in [0.05, 0.1) is 11.4 Å². The van der Waals surface area contributed by atoms with Crippen LogP contribution in [0.2, 0.25) is 0 Å². The molecule has 1 rings (SSSR count). The van der Waals surface area contributed by atoms with Gasteiger partial charge in [-0.1, -0.05) is 0 Å². The highest BCUT2D eigenvalue weighted by atomic mass is 16.1. The quantitative estimate of drug-likeness (QED) is 0.626. The molecule has 0 aromatic heterocycles. The van der Waals surface area contributed by atoms with E-state index in [0.717, 1.165) is 11.4 Å². The summed E-state index contributed by atoms with van der Waals surface area (Å²) in [4.78, 5) is 11.4. The molecule has 0 spiro atoms. The molecule has 1 aliphatic carbocycles. The van der Waals surface area contributed by atoms with Crippen molar-refractivity contribution < 1.29 is 4.79 Å². The van der Waals surface area contributed by atoms with E-state index in [1.165, 1.54) is 0 Å². The second kappa shape index (κ2) is 4.91. The summed E-state index contributed by atoms with van der Waals surface area (Å²) in [6.45, 7) is 0. The maximum Gasteiger partial charge on any atom is 0.144 e. The molecule has 1 saturated carbocycles. The molecule has 1 fully saturated rings. The predicted molar refractivity (Wildman–Crippen MR) is 61.1 cm³/mol. The SMILES string of the molecule is CN(C)/N=C1\CC(=O)C/C(=N/N(C)C)C1. The zero-order valence-corrected chi connectivity index (χ0v) is 9.82. The molecule has 0 N–H and O–H groups in total. The second-order valence-electron chi connectivity index (χ2n) is 4.10. The normalized spacial score (nSPS) is 22.3. The van der Waals surface area contributed by atoms with E-state index < -0.39 is 0 Å². The third-order valence-electron chi connectivity index (χ3n) is 1.89. The molecule has 0 heterocycles. The second-order valence-corrected chi connectivity index (χ2v) is 4.10. The number of Topliss-reactive ketones (excluding diaryl/α,β-unsaturated/α-hetero) is 1. The first-order valence-corrected chi connectivity index (χ1v) is 4.96. The monoisotopic (exact) mass is 210 g/mol. The van der Waals surface area contributed by atoms with Gasteiger partial charge < -0.3 is 10.0 Å². The van der Waals surface area contributed by atoms with Crippen molar-refractivity contribution in [3.05, 3.63) is 0 Å². The number of carbonyl (C=O) groups excluding carboxylic acids is 1. The minimum atomic E-state index is 0.197. The third kappa shape index (κ3) is 4.10. The number of rotatable bonds is 2. The molecule has 0 aromatic rings. The van der Waals surface area contributed by atoms with Crippen LogP contribution in [0.1, 0.15) is 19.3 Å². The van der Waals surface area contributed by atoms with Crippen LogP contribution in [0.25, 0.3) is 0 Å². The number of nitrogens with zero attached hydrogens (tertiary/aromatic N) is 4. The Bertz CT molecular complexity index is 277. The topological polar surface area (TPSA) is 48.3 Å². The van der Waals surface area contributed by atoms with Crippen molar-refractivity contribution in [1.82, 2.24) is 10.0 Å². The first kappa shape index (κ1) is 11.7. The van der Waals surface area contributed by atoms with Crippen molar-refractivity contribution in [3.63, 3.8) is 0 Å². The van der Waals surface area contributed by atoms with E-state index in [2.05, 4.69) is 10.2 Å². The summed E-state index contributed by atoms with van der Waals surface area (Å²) in [7, 11) is 7.42. The molecule has 0 radical (unpaired) electrons. The predicted octanol–water partition coefficient (Wildman–Crippen LogP) is 0.575. The van der Waals surface area contributed by atoms with Crippen LogP contribution in [-0.2, 0) is 4.79 Å². The van der Waals surface area contributed by atoms with E-state index in [1.807, 2.05) is 28.2 Å². The van der Waals surface area contributed by atoms with Crippen molar-refractivity contribution in [2.75, 3.05) is 28.2 Å². The van der Waals surface area contributed by atoms with Crippen molar-refractivity contribution in [2.24, 2.45) is 10.2 Å². The standard InChI is InChI=1S/C10H18N4O/c1-13(2)11-8-5-9(12-14(3)4)7-10(15)6-8/h5-7H2,1-4H3/b11-8-,12-9+. The Morgan fingerprint density at radius 1 is 0.867 bits per heavy atom. The van der Waals surface area contributed by atoms with Crippen LogP contribution in [0.5, 0.6) is 0 Å². The summed E-state index contributed by atoms with van der Waals surface area (Å²) < 4.78 is 0. The summed E-state index contributed by atoms with van der Waals surface area (Å²) in [5, 5.41) is 12.0. The van der Waals surface area contributed by atoms with Gasteiger partial charge >= 0.3 is 0 Å². The molecule has 5 heteroatoms. The van der Waals surface area contributed by atoms with E-state index in [9.17, 15) is 4.79 Å². The number of carbonyl (C=O) groups is 1. The summed E-state index contributed by atoms with van der Waals surface area (Å²) >= 11 is 0. The highest BCUT2D eigenvalue weighted by Crippen LogP contribution is 2.11. The van der Waals surface area contributed by atoms with Crippen LogP contribution in [0.4, 0.5) is 0 Å². The molecule has 0 amide bonds. The van der Waals surface area contributed by atoms with E-state index in [0.29, 0.717) is 19.3 Å². The lowest BCUT2D eigenvalue weighted by atomic mass is 9.95. The Labute approximate surface area is 90.4 Å². The van der Waals surface area contributed by atoms with Gasteiger partial charge in [-0.25, -0.2) is 0 Å². The van der Waals surface area contributed by atoms with Gasteiger partial charge in [0.15, 0.2) is 0 Å². The number of ketones is 1. The average molecular weight is 210 g/mol. The van der Waals surface area contributed by atoms with Crippen molar-refractivity contribution in [2.45, 2.75) is 19.3 Å². The third-order valence-corrected chi connectivity index (χ3v) is 1.89. The van der Waals surface area contributed by atoms with Crippen LogP contribution in [0, 0.1) is 0 Å². The van der Waals surface area contributed by atoms with Gasteiger partial charge in [0, 0.05) is 47.5 Å². The molecule has 0 saturated heterocycles. The highest BCUT2D eigenvalue weighted by Gasteiger charge is 2.20. The molecular weight excluding hydrogens is 192 g/mol. The summed E-state index contributed by atoms with van der Waals surface area (Å²) in [5.74, 6) is 0.197. The molecule has 0 bridgehead atoms. The lowest BCUT2D eigenvalue weighted by Crippen LogP contribution is -2.26. The van der Waals surface area contributed by atoms with Crippen molar-refractivity contribution in [3.8, 4) is 0 Å². The van der Waals surface area contributed by atoms with Crippen molar-refractivity contribution >= 4 is 17.2 Å². The fourth-order valence-corrected chi connectivity index (χ4v) is 1.59. The van der Waals surface area contributed by atoms with Crippen LogP contribution in [0.3, 0.4) is 0 Å². The maximum absolute atomic E-state index is 11.4. The van der Waals surface area contributed by atoms with Crippen LogP contribution >= 0.6 is 0 Å². The average Bonchev–Trinajstić information content (AvgIpc) is 1.98. The van der Waals surface area contributed by atoms with Gasteiger partial charge in [-0.05, 0) is 0 Å². The fraction of sp³-hybridized carbons (Fsp3) is 0.700. The maximum atomic E-state index is 11.4. The first-order chi connectivity index (χ1) is 6.97. The zero-order valence-electron chi connectivity index (χ0n) is 9.82. The lowest BCUT2D eigenvalue weighted by molar-refractivity contribution is -0.117. The Hall–Kier alpha value is -1.39. The molecular formula is C10H18N4O. The Morgan fingerprint density at radius 2 is 1.27 bits per heavy atom.